The molecular formula is C30H34F2N4O2S. The van der Waals surface area contributed by atoms with Crippen LogP contribution in [0.2, 0.25) is 0 Å². The normalized spacial score (nSPS) is 25.7. The molecule has 4 fully saturated rings. The van der Waals surface area contributed by atoms with E-state index in [1.54, 1.807) is 24.6 Å². The maximum atomic E-state index is 13.8. The van der Waals surface area contributed by atoms with Gasteiger partial charge in [0, 0.05) is 49.2 Å². The average molecular weight is 553 g/mol. The molecule has 0 N–H and O–H groups in total. The molecule has 2 heterocycles. The summed E-state index contributed by atoms with van der Waals surface area (Å²) >= 11 is 1.71. The maximum Gasteiger partial charge on any atom is 0.248 e. The number of anilines is 1. The summed E-state index contributed by atoms with van der Waals surface area (Å²) in [4.78, 5) is 19.9. The van der Waals surface area contributed by atoms with E-state index in [4.69, 9.17) is 4.74 Å². The molecule has 4 aliphatic carbocycles. The quantitative estimate of drug-likeness (QED) is 0.302. The summed E-state index contributed by atoms with van der Waals surface area (Å²) in [6, 6.07) is 11.7. The fourth-order valence-corrected chi connectivity index (χ4v) is 7.80. The van der Waals surface area contributed by atoms with Gasteiger partial charge in [0.05, 0.1) is 7.11 Å². The molecule has 0 atom stereocenters. The molecule has 0 aliphatic heterocycles. The van der Waals surface area contributed by atoms with E-state index in [1.165, 1.54) is 0 Å². The predicted molar refractivity (Wildman–Crippen MR) is 147 cm³/mol. The van der Waals surface area contributed by atoms with Crippen LogP contribution in [0.1, 0.15) is 67.8 Å². The van der Waals surface area contributed by atoms with E-state index in [2.05, 4.69) is 15.2 Å². The third-order valence-electron chi connectivity index (χ3n) is 9.25. The molecule has 206 valence electrons. The van der Waals surface area contributed by atoms with Gasteiger partial charge in [-0.25, -0.2) is 13.8 Å². The van der Waals surface area contributed by atoms with Crippen molar-refractivity contribution in [3.8, 4) is 17.0 Å². The zero-order valence-electron chi connectivity index (χ0n) is 22.5. The summed E-state index contributed by atoms with van der Waals surface area (Å²) < 4.78 is 32.5. The molecule has 7 rings (SSSR count). The summed E-state index contributed by atoms with van der Waals surface area (Å²) in [6.07, 6.45) is 7.70. The van der Waals surface area contributed by atoms with Gasteiger partial charge < -0.3 is 9.64 Å². The Morgan fingerprint density at radius 3 is 2.41 bits per heavy atom. The first kappa shape index (κ1) is 26.3. The molecule has 3 aromatic rings. The van der Waals surface area contributed by atoms with E-state index in [9.17, 15) is 13.6 Å². The lowest BCUT2D eigenvalue weighted by Crippen LogP contribution is -2.51. The zero-order valence-corrected chi connectivity index (χ0v) is 23.3. The second-order valence-electron chi connectivity index (χ2n) is 11.9. The van der Waals surface area contributed by atoms with Crippen LogP contribution in [0.5, 0.6) is 5.88 Å². The second kappa shape index (κ2) is 9.91. The van der Waals surface area contributed by atoms with Gasteiger partial charge in [0.15, 0.2) is 0 Å². The molecule has 9 heteroatoms. The Balaban J connectivity index is 1.26. The van der Waals surface area contributed by atoms with Crippen molar-refractivity contribution in [2.45, 2.75) is 76.0 Å². The highest BCUT2D eigenvalue weighted by molar-refractivity contribution is 7.11. The first-order valence-electron chi connectivity index (χ1n) is 13.8. The summed E-state index contributed by atoms with van der Waals surface area (Å²) in [5.41, 5.74) is 2.85. The van der Waals surface area contributed by atoms with Crippen molar-refractivity contribution in [3.05, 3.63) is 52.6 Å². The second-order valence-corrected chi connectivity index (χ2v) is 13.0. The molecule has 0 radical (unpaired) electrons. The van der Waals surface area contributed by atoms with Crippen LogP contribution < -0.4 is 9.64 Å². The van der Waals surface area contributed by atoms with Gasteiger partial charge in [-0.3, -0.25) is 4.79 Å². The number of carbonyl (C=O) groups excluding carboxylic acids is 1. The first-order chi connectivity index (χ1) is 18.7. The van der Waals surface area contributed by atoms with Crippen molar-refractivity contribution in [1.29, 1.82) is 0 Å². The Morgan fingerprint density at radius 1 is 1.05 bits per heavy atom. The van der Waals surface area contributed by atoms with Crippen molar-refractivity contribution < 1.29 is 18.3 Å². The molecule has 0 saturated heterocycles. The highest BCUT2D eigenvalue weighted by atomic mass is 32.1. The Morgan fingerprint density at radius 2 is 1.77 bits per heavy atom. The van der Waals surface area contributed by atoms with Gasteiger partial charge in [0.2, 0.25) is 17.7 Å². The topological polar surface area (TPSA) is 68.2 Å². The van der Waals surface area contributed by atoms with E-state index in [-0.39, 0.29) is 41.9 Å². The third-order valence-corrected chi connectivity index (χ3v) is 10.3. The van der Waals surface area contributed by atoms with E-state index in [0.717, 1.165) is 65.4 Å². The minimum atomic E-state index is -2.63. The van der Waals surface area contributed by atoms with Crippen LogP contribution in [-0.2, 0) is 10.2 Å². The number of hydrogen-bond donors (Lipinski definition) is 0. The Bertz CT molecular complexity index is 1340. The van der Waals surface area contributed by atoms with Gasteiger partial charge in [-0.1, -0.05) is 12.1 Å². The van der Waals surface area contributed by atoms with Crippen LogP contribution in [0.25, 0.3) is 11.1 Å². The number of ether oxygens (including phenoxy) is 1. The zero-order chi connectivity index (χ0) is 27.3. The van der Waals surface area contributed by atoms with E-state index in [1.807, 2.05) is 48.2 Å². The summed E-state index contributed by atoms with van der Waals surface area (Å²) in [6.45, 7) is 2.62. The number of benzene rings is 1. The lowest BCUT2D eigenvalue weighted by Gasteiger charge is -2.54. The van der Waals surface area contributed by atoms with Crippen molar-refractivity contribution in [1.82, 2.24) is 15.2 Å². The number of carbonyl (C=O) groups is 1. The lowest BCUT2D eigenvalue weighted by molar-refractivity contribution is -0.132. The SMILES string of the molecule is COc1cc(-c2cccc(N(CC34CCC(c5nnc(C)s5)(CC3)CC4)C(=O)CC3CC(F)(F)C3)c2)ccn1. The predicted octanol–water partition coefficient (Wildman–Crippen LogP) is 6.98. The van der Waals surface area contributed by atoms with Crippen LogP contribution in [0, 0.1) is 18.3 Å². The molecule has 39 heavy (non-hydrogen) atoms. The number of amides is 1. The molecule has 4 saturated carbocycles. The summed E-state index contributed by atoms with van der Waals surface area (Å²) in [5.74, 6) is -2.43. The van der Waals surface area contributed by atoms with Crippen LogP contribution in [0.3, 0.4) is 0 Å². The number of halogens is 2. The van der Waals surface area contributed by atoms with Crippen LogP contribution in [0.15, 0.2) is 42.6 Å². The van der Waals surface area contributed by atoms with Crippen LogP contribution in [-0.4, -0.2) is 40.7 Å². The average Bonchev–Trinajstić information content (AvgIpc) is 3.39. The number of aryl methyl sites for hydroxylation is 1. The summed E-state index contributed by atoms with van der Waals surface area (Å²) in [5, 5.41) is 10.9. The van der Waals surface area contributed by atoms with Gasteiger partial charge in [-0.15, -0.1) is 21.5 Å². The monoisotopic (exact) mass is 552 g/mol. The maximum absolute atomic E-state index is 13.8. The molecule has 0 spiro atoms. The Kier molecular flexibility index (Phi) is 6.68. The number of methoxy groups -OCH3 is 1. The van der Waals surface area contributed by atoms with E-state index in [0.29, 0.717) is 12.4 Å². The van der Waals surface area contributed by atoms with E-state index < -0.39 is 5.92 Å². The van der Waals surface area contributed by atoms with Crippen molar-refractivity contribution in [2.24, 2.45) is 11.3 Å². The Hall–Kier alpha value is -2.94. The molecule has 1 aromatic carbocycles. The number of alkyl halides is 2. The molecule has 0 unspecified atom stereocenters. The number of rotatable bonds is 8. The fourth-order valence-electron chi connectivity index (χ4n) is 6.83. The van der Waals surface area contributed by atoms with E-state index >= 15 is 0 Å². The van der Waals surface area contributed by atoms with Gasteiger partial charge in [0.1, 0.15) is 10.0 Å². The fraction of sp³-hybridized carbons (Fsp3) is 0.533. The van der Waals surface area contributed by atoms with Gasteiger partial charge in [0.25, 0.3) is 0 Å². The lowest BCUT2D eigenvalue weighted by atomic mass is 9.53. The number of aromatic nitrogens is 3. The highest BCUT2D eigenvalue weighted by Gasteiger charge is 2.52. The molecule has 2 aromatic heterocycles. The number of nitrogens with zero attached hydrogens (tertiary/aromatic N) is 4. The molecule has 2 bridgehead atoms. The van der Waals surface area contributed by atoms with Gasteiger partial charge in [-0.05, 0) is 86.1 Å². The number of fused-ring (bicyclic) bond motifs is 3. The first-order valence-corrected chi connectivity index (χ1v) is 14.6. The van der Waals surface area contributed by atoms with Gasteiger partial charge >= 0.3 is 0 Å². The smallest absolute Gasteiger partial charge is 0.248 e. The molecule has 4 aliphatic rings. The highest BCUT2D eigenvalue weighted by Crippen LogP contribution is 2.58. The number of pyridine rings is 1. The molecule has 1 amide bonds. The van der Waals surface area contributed by atoms with Gasteiger partial charge in [-0.2, -0.15) is 0 Å². The van der Waals surface area contributed by atoms with Crippen molar-refractivity contribution >= 4 is 22.9 Å². The third kappa shape index (κ3) is 5.17. The Labute approximate surface area is 231 Å². The van der Waals surface area contributed by atoms with Crippen LogP contribution in [0.4, 0.5) is 14.5 Å². The minimum Gasteiger partial charge on any atom is -0.481 e. The minimum absolute atomic E-state index is 0.0244. The standard InChI is InChI=1S/C30H34F2N4O2S/c1-20-34-35-27(39-20)29-10-7-28(8-11-29,9-12-29)19-36(26(37)14-21-17-30(31,32)18-21)24-5-3-4-22(15-24)23-6-13-33-25(16-23)38-2/h3-6,13,15-16,21H,7-12,14,17-19H2,1-2H3. The number of hydrogen-bond acceptors (Lipinski definition) is 6. The van der Waals surface area contributed by atoms with Crippen LogP contribution >= 0.6 is 11.3 Å². The summed E-state index contributed by atoms with van der Waals surface area (Å²) in [7, 11) is 1.58. The molecule has 6 nitrogen and oxygen atoms in total. The largest absolute Gasteiger partial charge is 0.481 e. The molecular weight excluding hydrogens is 518 g/mol. The van der Waals surface area contributed by atoms with Crippen molar-refractivity contribution in [3.63, 3.8) is 0 Å². The van der Waals surface area contributed by atoms with Crippen molar-refractivity contribution in [2.75, 3.05) is 18.6 Å².